The van der Waals surface area contributed by atoms with Crippen LogP contribution in [0.1, 0.15) is 36.9 Å². The number of fused-ring (bicyclic) bond motifs is 1. The van der Waals surface area contributed by atoms with Crippen LogP contribution >= 0.6 is 0 Å². The summed E-state index contributed by atoms with van der Waals surface area (Å²) in [6.45, 7) is -0.288. The Kier molecular flexibility index (Phi) is 5.79. The number of carbonyl (C=O) groups is 3. The number of nitrogens with two attached hydrogens (primary N) is 1. The summed E-state index contributed by atoms with van der Waals surface area (Å²) in [4.78, 5) is 50.9. The molecule has 3 N–H and O–H groups in total. The van der Waals surface area contributed by atoms with Crippen LogP contribution in [0.4, 0.5) is 27.7 Å². The second-order valence-electron chi connectivity index (χ2n) is 7.68. The number of esters is 1. The zero-order chi connectivity index (χ0) is 25.2. The fourth-order valence-electron chi connectivity index (χ4n) is 3.60. The highest BCUT2D eigenvalue weighted by molar-refractivity contribution is 6.34. The first-order valence-electron chi connectivity index (χ1n) is 10.7. The number of nitrogens with zero attached hydrogens (tertiary/aromatic N) is 4. The van der Waals surface area contributed by atoms with Gasteiger partial charge in [-0.05, 0) is 60.7 Å². The smallest absolute Gasteiger partial charge is 0.338 e. The Morgan fingerprint density at radius 3 is 2.17 bits per heavy atom. The molecule has 178 valence electrons. The molecular weight excluding hydrogens is 467 g/mol. The van der Waals surface area contributed by atoms with Crippen molar-refractivity contribution < 1.29 is 23.5 Å². The number of benzene rings is 3. The van der Waals surface area contributed by atoms with Gasteiger partial charge in [0.05, 0.1) is 22.4 Å². The molecule has 5 rings (SSSR count). The van der Waals surface area contributed by atoms with Crippen molar-refractivity contribution in [3.63, 3.8) is 0 Å². The molecule has 11 heteroatoms. The first kappa shape index (κ1) is 22.6. The zero-order valence-electron chi connectivity index (χ0n) is 18.5. The maximum atomic E-state index is 13.1. The second-order valence-corrected chi connectivity index (χ2v) is 7.68. The Labute approximate surface area is 203 Å². The average Bonchev–Trinajstić information content (AvgIpc) is 3.14. The number of hydrogen-bond acceptors (Lipinski definition) is 9. The van der Waals surface area contributed by atoms with Crippen LogP contribution in [-0.4, -0.2) is 32.7 Å². The number of imide groups is 1. The van der Waals surface area contributed by atoms with Gasteiger partial charge in [-0.15, -0.1) is 0 Å². The number of ether oxygens (including phenoxy) is 1. The summed E-state index contributed by atoms with van der Waals surface area (Å²) in [5.41, 5.74) is 7.44. The van der Waals surface area contributed by atoms with Gasteiger partial charge in [0.15, 0.2) is 12.4 Å². The Morgan fingerprint density at radius 1 is 0.889 bits per heavy atom. The fraction of sp³-hybridized carbons (Fsp3) is 0.0400. The van der Waals surface area contributed by atoms with E-state index in [9.17, 15) is 18.8 Å². The molecule has 1 aliphatic rings. The van der Waals surface area contributed by atoms with E-state index in [1.807, 2.05) is 0 Å². The normalized spacial score (nSPS) is 12.4. The minimum atomic E-state index is -0.670. The highest BCUT2D eigenvalue weighted by atomic mass is 19.1. The molecular formula is C25H17FN6O4. The van der Waals surface area contributed by atoms with E-state index in [-0.39, 0.29) is 35.7 Å². The molecule has 0 saturated heterocycles. The lowest BCUT2D eigenvalue weighted by molar-refractivity contribution is 0.0462. The third kappa shape index (κ3) is 4.44. The van der Waals surface area contributed by atoms with Crippen LogP contribution in [0.5, 0.6) is 0 Å². The average molecular weight is 484 g/mol. The predicted octanol–water partition coefficient (Wildman–Crippen LogP) is 3.49. The molecule has 2 heterocycles. The predicted molar refractivity (Wildman–Crippen MR) is 127 cm³/mol. The number of carbonyl (C=O) groups excluding carboxylic acids is 3. The van der Waals surface area contributed by atoms with Gasteiger partial charge in [-0.2, -0.15) is 15.0 Å². The van der Waals surface area contributed by atoms with Crippen LogP contribution in [0.25, 0.3) is 0 Å². The number of anilines is 4. The maximum Gasteiger partial charge on any atom is 0.338 e. The van der Waals surface area contributed by atoms with E-state index in [4.69, 9.17) is 10.5 Å². The fourth-order valence-corrected chi connectivity index (χ4v) is 3.60. The van der Waals surface area contributed by atoms with Crippen molar-refractivity contribution in [3.05, 3.63) is 101 Å². The van der Waals surface area contributed by atoms with Crippen LogP contribution in [0.2, 0.25) is 0 Å². The van der Waals surface area contributed by atoms with Crippen molar-refractivity contribution in [1.82, 2.24) is 15.0 Å². The van der Waals surface area contributed by atoms with Crippen molar-refractivity contribution in [2.45, 2.75) is 6.61 Å². The summed E-state index contributed by atoms with van der Waals surface area (Å²) < 4.78 is 18.4. The Hall–Kier alpha value is -5.19. The van der Waals surface area contributed by atoms with E-state index in [2.05, 4.69) is 20.3 Å². The van der Waals surface area contributed by atoms with Crippen molar-refractivity contribution in [2.24, 2.45) is 0 Å². The molecule has 0 fully saturated rings. The van der Waals surface area contributed by atoms with Crippen LogP contribution < -0.4 is 16.0 Å². The molecule has 4 aromatic rings. The number of aromatic nitrogens is 3. The number of rotatable bonds is 6. The molecule has 0 saturated carbocycles. The van der Waals surface area contributed by atoms with Gasteiger partial charge in [0, 0.05) is 5.69 Å². The SMILES string of the molecule is Nc1nc(COC(=O)c2ccc(N3C(=O)c4ccccc4C3=O)cc2)nc(Nc2ccc(F)cc2)n1. The van der Waals surface area contributed by atoms with E-state index >= 15 is 0 Å². The Balaban J connectivity index is 1.25. The van der Waals surface area contributed by atoms with Gasteiger partial charge < -0.3 is 15.8 Å². The van der Waals surface area contributed by atoms with Crippen molar-refractivity contribution in [2.75, 3.05) is 16.0 Å². The molecule has 1 aliphatic heterocycles. The van der Waals surface area contributed by atoms with E-state index in [1.165, 1.54) is 48.5 Å². The summed E-state index contributed by atoms with van der Waals surface area (Å²) in [6.07, 6.45) is 0. The summed E-state index contributed by atoms with van der Waals surface area (Å²) in [6, 6.07) is 18.0. The molecule has 0 aliphatic carbocycles. The molecule has 10 nitrogen and oxygen atoms in total. The lowest BCUT2D eigenvalue weighted by atomic mass is 10.1. The van der Waals surface area contributed by atoms with Crippen LogP contribution in [0, 0.1) is 5.82 Å². The number of nitrogens with one attached hydrogen (secondary N) is 1. The standard InChI is InChI=1S/C25H17FN6O4/c26-15-7-9-16(10-8-15)28-25-30-20(29-24(27)31-25)13-36-23(35)14-5-11-17(12-6-14)32-21(33)18-3-1-2-4-19(18)22(32)34/h1-12H,13H2,(H3,27,28,29,30,31). The van der Waals surface area contributed by atoms with E-state index < -0.39 is 17.8 Å². The summed E-state index contributed by atoms with van der Waals surface area (Å²) >= 11 is 0. The minimum Gasteiger partial charge on any atom is -0.454 e. The molecule has 3 aromatic carbocycles. The van der Waals surface area contributed by atoms with Gasteiger partial charge in [-0.25, -0.2) is 14.1 Å². The third-order valence-corrected chi connectivity index (χ3v) is 5.29. The number of hydrogen-bond donors (Lipinski definition) is 2. The second kappa shape index (κ2) is 9.22. The molecule has 0 bridgehead atoms. The summed E-state index contributed by atoms with van der Waals surface area (Å²) in [7, 11) is 0. The highest BCUT2D eigenvalue weighted by Crippen LogP contribution is 2.28. The minimum absolute atomic E-state index is 0.0917. The van der Waals surface area contributed by atoms with E-state index in [1.54, 1.807) is 24.3 Å². The monoisotopic (exact) mass is 484 g/mol. The zero-order valence-corrected chi connectivity index (χ0v) is 18.5. The molecule has 0 radical (unpaired) electrons. The summed E-state index contributed by atoms with van der Waals surface area (Å²) in [5.74, 6) is -1.80. The van der Waals surface area contributed by atoms with Gasteiger partial charge in [0.1, 0.15) is 5.82 Å². The summed E-state index contributed by atoms with van der Waals surface area (Å²) in [5, 5.41) is 2.87. The van der Waals surface area contributed by atoms with Gasteiger partial charge in [0.25, 0.3) is 11.8 Å². The lowest BCUT2D eigenvalue weighted by Crippen LogP contribution is -2.29. The van der Waals surface area contributed by atoms with Crippen LogP contribution in [0.15, 0.2) is 72.8 Å². The van der Waals surface area contributed by atoms with E-state index in [0.717, 1.165) is 4.90 Å². The molecule has 0 unspecified atom stereocenters. The lowest BCUT2D eigenvalue weighted by Gasteiger charge is -2.14. The number of nitrogen functional groups attached to an aromatic ring is 1. The topological polar surface area (TPSA) is 140 Å². The van der Waals surface area contributed by atoms with Crippen LogP contribution in [-0.2, 0) is 11.3 Å². The van der Waals surface area contributed by atoms with Crippen LogP contribution in [0.3, 0.4) is 0 Å². The Bertz CT molecular complexity index is 1460. The molecule has 1 aromatic heterocycles. The van der Waals surface area contributed by atoms with Crippen molar-refractivity contribution in [3.8, 4) is 0 Å². The van der Waals surface area contributed by atoms with E-state index in [0.29, 0.717) is 22.5 Å². The highest BCUT2D eigenvalue weighted by Gasteiger charge is 2.36. The first-order chi connectivity index (χ1) is 17.4. The van der Waals surface area contributed by atoms with Crippen molar-refractivity contribution in [1.29, 1.82) is 0 Å². The quantitative estimate of drug-likeness (QED) is 0.311. The molecule has 0 atom stereocenters. The van der Waals surface area contributed by atoms with Crippen molar-refractivity contribution >= 4 is 41.1 Å². The Morgan fingerprint density at radius 2 is 1.53 bits per heavy atom. The largest absolute Gasteiger partial charge is 0.454 e. The third-order valence-electron chi connectivity index (χ3n) is 5.29. The maximum absolute atomic E-state index is 13.1. The first-order valence-corrected chi connectivity index (χ1v) is 10.7. The van der Waals surface area contributed by atoms with Gasteiger partial charge in [-0.1, -0.05) is 12.1 Å². The van der Waals surface area contributed by atoms with Gasteiger partial charge in [0.2, 0.25) is 11.9 Å². The van der Waals surface area contributed by atoms with Gasteiger partial charge >= 0.3 is 5.97 Å². The molecule has 2 amide bonds. The number of halogens is 1. The molecule has 36 heavy (non-hydrogen) atoms. The van der Waals surface area contributed by atoms with Gasteiger partial charge in [-0.3, -0.25) is 9.59 Å². The number of amides is 2. The molecule has 0 spiro atoms.